The molecule has 0 saturated heterocycles. The van der Waals surface area contributed by atoms with Crippen LogP contribution in [-0.2, 0) is 0 Å². The Morgan fingerprint density at radius 1 is 1.38 bits per heavy atom. The zero-order valence-corrected chi connectivity index (χ0v) is 12.9. The van der Waals surface area contributed by atoms with Crippen LogP contribution in [0.15, 0.2) is 36.2 Å². The Balaban J connectivity index is 2.72. The molecule has 0 spiro atoms. The molecule has 5 heteroatoms. The third-order valence-electron chi connectivity index (χ3n) is 2.82. The Labute approximate surface area is 125 Å². The zero-order chi connectivity index (χ0) is 16.0. The molecular formula is C16H23FN2O2. The van der Waals surface area contributed by atoms with Crippen LogP contribution in [0.2, 0.25) is 0 Å². The first-order valence-corrected chi connectivity index (χ1v) is 6.85. The van der Waals surface area contributed by atoms with Crippen LogP contribution in [0.5, 0.6) is 5.75 Å². The molecule has 0 aromatic heterocycles. The van der Waals surface area contributed by atoms with E-state index in [1.807, 2.05) is 20.8 Å². The number of ether oxygens (including phenoxy) is 1. The van der Waals surface area contributed by atoms with E-state index >= 15 is 0 Å². The maximum absolute atomic E-state index is 12.6. The van der Waals surface area contributed by atoms with Crippen molar-refractivity contribution in [1.82, 2.24) is 5.32 Å². The standard InChI is InChI=1S/C16H23FN2O2/c1-11(13(9-17)10-18)21-14-7-5-12(6-8-14)15(20)19-16(2,3)4/h5-9,11H,10,18H2,1-4H3,(H,19,20)/b13-9+/t11-/m1/s1. The van der Waals surface area contributed by atoms with Crippen LogP contribution >= 0.6 is 0 Å². The topological polar surface area (TPSA) is 64.3 Å². The summed E-state index contributed by atoms with van der Waals surface area (Å²) < 4.78 is 18.1. The van der Waals surface area contributed by atoms with E-state index < -0.39 is 6.10 Å². The molecule has 0 aliphatic rings. The Bertz CT molecular complexity index is 504. The van der Waals surface area contributed by atoms with Crippen molar-refractivity contribution in [2.45, 2.75) is 39.3 Å². The highest BCUT2D eigenvalue weighted by Gasteiger charge is 2.15. The van der Waals surface area contributed by atoms with Gasteiger partial charge in [-0.05, 0) is 52.0 Å². The van der Waals surface area contributed by atoms with Crippen molar-refractivity contribution in [3.8, 4) is 5.75 Å². The summed E-state index contributed by atoms with van der Waals surface area (Å²) >= 11 is 0. The third-order valence-corrected chi connectivity index (χ3v) is 2.82. The van der Waals surface area contributed by atoms with Gasteiger partial charge in [-0.25, -0.2) is 4.39 Å². The molecule has 0 aliphatic heterocycles. The monoisotopic (exact) mass is 294 g/mol. The maximum atomic E-state index is 12.6. The van der Waals surface area contributed by atoms with Crippen molar-refractivity contribution in [3.63, 3.8) is 0 Å². The van der Waals surface area contributed by atoms with Crippen molar-refractivity contribution < 1.29 is 13.9 Å². The van der Waals surface area contributed by atoms with Gasteiger partial charge in [-0.2, -0.15) is 0 Å². The number of nitrogens with two attached hydrogens (primary N) is 1. The van der Waals surface area contributed by atoms with E-state index in [1.165, 1.54) is 0 Å². The van der Waals surface area contributed by atoms with Crippen molar-refractivity contribution in [2.75, 3.05) is 6.54 Å². The van der Waals surface area contributed by atoms with E-state index in [0.29, 0.717) is 23.2 Å². The lowest BCUT2D eigenvalue weighted by Gasteiger charge is -2.20. The Morgan fingerprint density at radius 3 is 2.38 bits per heavy atom. The molecule has 21 heavy (non-hydrogen) atoms. The summed E-state index contributed by atoms with van der Waals surface area (Å²) in [5, 5.41) is 2.88. The number of rotatable bonds is 5. The van der Waals surface area contributed by atoms with Gasteiger partial charge < -0.3 is 15.8 Å². The second kappa shape index (κ2) is 7.22. The summed E-state index contributed by atoms with van der Waals surface area (Å²) in [6.45, 7) is 7.58. The van der Waals surface area contributed by atoms with Crippen molar-refractivity contribution in [1.29, 1.82) is 0 Å². The highest BCUT2D eigenvalue weighted by atomic mass is 19.1. The Morgan fingerprint density at radius 2 is 1.95 bits per heavy atom. The minimum absolute atomic E-state index is 0.101. The number of halogens is 1. The third kappa shape index (κ3) is 5.55. The molecule has 1 aromatic rings. The van der Waals surface area contributed by atoms with E-state index in [4.69, 9.17) is 10.5 Å². The van der Waals surface area contributed by atoms with Gasteiger partial charge in [-0.15, -0.1) is 0 Å². The molecule has 0 unspecified atom stereocenters. The number of hydrogen-bond acceptors (Lipinski definition) is 3. The minimum atomic E-state index is -0.450. The van der Waals surface area contributed by atoms with Crippen LogP contribution in [-0.4, -0.2) is 24.1 Å². The normalized spacial score (nSPS) is 13.7. The smallest absolute Gasteiger partial charge is 0.251 e. The predicted octanol–water partition coefficient (Wildman–Crippen LogP) is 2.79. The van der Waals surface area contributed by atoms with Gasteiger partial charge in [-0.1, -0.05) is 0 Å². The van der Waals surface area contributed by atoms with Gasteiger partial charge in [0.15, 0.2) is 0 Å². The predicted molar refractivity (Wildman–Crippen MR) is 82.0 cm³/mol. The molecule has 0 heterocycles. The molecular weight excluding hydrogens is 271 g/mol. The second-order valence-corrected chi connectivity index (χ2v) is 5.88. The largest absolute Gasteiger partial charge is 0.486 e. The van der Waals surface area contributed by atoms with E-state index in [9.17, 15) is 9.18 Å². The molecule has 0 fully saturated rings. The lowest BCUT2D eigenvalue weighted by Crippen LogP contribution is -2.40. The number of hydrogen-bond donors (Lipinski definition) is 2. The summed E-state index contributed by atoms with van der Waals surface area (Å²) in [5.41, 5.74) is 6.06. The number of nitrogens with one attached hydrogen (secondary N) is 1. The summed E-state index contributed by atoms with van der Waals surface area (Å²) in [6.07, 6.45) is 0.0183. The fourth-order valence-corrected chi connectivity index (χ4v) is 1.68. The van der Waals surface area contributed by atoms with Crippen LogP contribution in [0, 0.1) is 0 Å². The first-order chi connectivity index (χ1) is 9.76. The second-order valence-electron chi connectivity index (χ2n) is 5.88. The molecule has 0 radical (unpaired) electrons. The van der Waals surface area contributed by atoms with Crippen LogP contribution in [0.3, 0.4) is 0 Å². The molecule has 4 nitrogen and oxygen atoms in total. The molecule has 1 rings (SSSR count). The quantitative estimate of drug-likeness (QED) is 0.877. The fourth-order valence-electron chi connectivity index (χ4n) is 1.68. The molecule has 0 saturated carbocycles. The number of amides is 1. The van der Waals surface area contributed by atoms with Gasteiger partial charge in [-0.3, -0.25) is 4.79 Å². The molecule has 1 atom stereocenters. The average Bonchev–Trinajstić information content (AvgIpc) is 2.39. The fraction of sp³-hybridized carbons (Fsp3) is 0.438. The number of carbonyl (C=O) groups excluding carboxylic acids is 1. The van der Waals surface area contributed by atoms with Crippen LogP contribution in [0.25, 0.3) is 0 Å². The highest BCUT2D eigenvalue weighted by molar-refractivity contribution is 5.94. The average molecular weight is 294 g/mol. The van der Waals surface area contributed by atoms with Crippen molar-refractivity contribution >= 4 is 5.91 Å². The molecule has 1 aromatic carbocycles. The van der Waals surface area contributed by atoms with Gasteiger partial charge in [0.1, 0.15) is 11.9 Å². The van der Waals surface area contributed by atoms with E-state index in [-0.39, 0.29) is 18.0 Å². The zero-order valence-electron chi connectivity index (χ0n) is 12.9. The summed E-state index contributed by atoms with van der Waals surface area (Å²) in [6, 6.07) is 6.70. The van der Waals surface area contributed by atoms with Gasteiger partial charge >= 0.3 is 0 Å². The summed E-state index contributed by atoms with van der Waals surface area (Å²) in [7, 11) is 0. The first-order valence-electron chi connectivity index (χ1n) is 6.85. The highest BCUT2D eigenvalue weighted by Crippen LogP contribution is 2.17. The SMILES string of the molecule is C[C@@H](Oc1ccc(C(=O)NC(C)(C)C)cc1)/C(=C/F)CN. The van der Waals surface area contributed by atoms with Crippen LogP contribution in [0.4, 0.5) is 4.39 Å². The Kier molecular flexibility index (Phi) is 5.90. The molecule has 0 bridgehead atoms. The molecule has 3 N–H and O–H groups in total. The lowest BCUT2D eigenvalue weighted by atomic mass is 10.1. The molecule has 116 valence electrons. The van der Waals surface area contributed by atoms with Gasteiger partial charge in [0.2, 0.25) is 0 Å². The van der Waals surface area contributed by atoms with Gasteiger partial charge in [0.25, 0.3) is 5.91 Å². The Hall–Kier alpha value is -1.88. The lowest BCUT2D eigenvalue weighted by molar-refractivity contribution is 0.0919. The number of benzene rings is 1. The van der Waals surface area contributed by atoms with E-state index in [1.54, 1.807) is 31.2 Å². The molecule has 0 aliphatic carbocycles. The maximum Gasteiger partial charge on any atom is 0.251 e. The van der Waals surface area contributed by atoms with E-state index in [2.05, 4.69) is 5.32 Å². The summed E-state index contributed by atoms with van der Waals surface area (Å²) in [4.78, 5) is 12.0. The first kappa shape index (κ1) is 17.2. The van der Waals surface area contributed by atoms with Crippen molar-refractivity contribution in [3.05, 3.63) is 41.7 Å². The summed E-state index contributed by atoms with van der Waals surface area (Å²) in [5.74, 6) is 0.413. The van der Waals surface area contributed by atoms with Crippen LogP contribution in [0.1, 0.15) is 38.1 Å². The van der Waals surface area contributed by atoms with E-state index in [0.717, 1.165) is 0 Å². The minimum Gasteiger partial charge on any atom is -0.486 e. The van der Waals surface area contributed by atoms with Crippen molar-refractivity contribution in [2.24, 2.45) is 5.73 Å². The van der Waals surface area contributed by atoms with Crippen LogP contribution < -0.4 is 15.8 Å². The molecule has 1 amide bonds. The number of carbonyl (C=O) groups is 1. The van der Waals surface area contributed by atoms with Gasteiger partial charge in [0.05, 0.1) is 6.33 Å². The van der Waals surface area contributed by atoms with Gasteiger partial charge in [0, 0.05) is 23.2 Å².